The van der Waals surface area contributed by atoms with Gasteiger partial charge >= 0.3 is 0 Å². The molecular formula is C23H26N4O. The molecule has 2 aromatic rings. The standard InChI is InChI=1S/C23H26N4O/c1-28-22-8-3-2-7-20(22)21-17-27(23-24-13-6-16-26(21)23)19-11-9-18(10-12-19)25-14-4-5-15-25/h2-3,7-12,17H,4-6,13-16H2,1H3. The van der Waals surface area contributed by atoms with Crippen molar-refractivity contribution in [3.8, 4) is 5.75 Å². The SMILES string of the molecule is COc1ccccc1C1=CN(c2ccc(N3CCCC3)cc2)C2=NCCCN12. The van der Waals surface area contributed by atoms with Gasteiger partial charge in [-0.15, -0.1) is 0 Å². The number of hydrogen-bond donors (Lipinski definition) is 0. The normalized spacial score (nSPS) is 18.8. The topological polar surface area (TPSA) is 31.3 Å². The van der Waals surface area contributed by atoms with Crippen LogP contribution in [0.4, 0.5) is 11.4 Å². The van der Waals surface area contributed by atoms with Crippen LogP contribution in [0.15, 0.2) is 59.7 Å². The van der Waals surface area contributed by atoms with Crippen molar-refractivity contribution in [3.05, 3.63) is 60.3 Å². The zero-order valence-electron chi connectivity index (χ0n) is 16.3. The van der Waals surface area contributed by atoms with Gasteiger partial charge in [0.25, 0.3) is 0 Å². The minimum absolute atomic E-state index is 0.876. The number of aliphatic imine (C=N–C) groups is 1. The molecule has 1 saturated heterocycles. The van der Waals surface area contributed by atoms with Crippen molar-refractivity contribution in [2.24, 2.45) is 4.99 Å². The van der Waals surface area contributed by atoms with Gasteiger partial charge in [-0.05, 0) is 55.7 Å². The van der Waals surface area contributed by atoms with Gasteiger partial charge in [0.15, 0.2) is 0 Å². The highest BCUT2D eigenvalue weighted by Crippen LogP contribution is 2.37. The fourth-order valence-electron chi connectivity index (χ4n) is 4.34. The van der Waals surface area contributed by atoms with Gasteiger partial charge in [-0.1, -0.05) is 12.1 Å². The quantitative estimate of drug-likeness (QED) is 0.804. The number of hydrogen-bond acceptors (Lipinski definition) is 5. The second kappa shape index (κ2) is 7.23. The molecule has 2 aromatic carbocycles. The fraction of sp³-hybridized carbons (Fsp3) is 0.348. The molecule has 5 rings (SSSR count). The van der Waals surface area contributed by atoms with E-state index in [2.05, 4.69) is 57.3 Å². The summed E-state index contributed by atoms with van der Waals surface area (Å²) in [5, 5.41) is 0. The highest BCUT2D eigenvalue weighted by molar-refractivity contribution is 6.08. The van der Waals surface area contributed by atoms with Gasteiger partial charge in [0.1, 0.15) is 5.75 Å². The Bertz CT molecular complexity index is 912. The molecule has 5 heteroatoms. The summed E-state index contributed by atoms with van der Waals surface area (Å²) in [5.41, 5.74) is 4.73. The molecule has 3 heterocycles. The highest BCUT2D eigenvalue weighted by Gasteiger charge is 2.33. The van der Waals surface area contributed by atoms with Gasteiger partial charge in [-0.3, -0.25) is 9.89 Å². The summed E-state index contributed by atoms with van der Waals surface area (Å²) in [6, 6.07) is 17.1. The maximum absolute atomic E-state index is 5.62. The first-order chi connectivity index (χ1) is 13.8. The summed E-state index contributed by atoms with van der Waals surface area (Å²) < 4.78 is 5.62. The molecule has 144 valence electrons. The number of guanidine groups is 1. The molecule has 0 spiro atoms. The Morgan fingerprint density at radius 3 is 2.39 bits per heavy atom. The summed E-state index contributed by atoms with van der Waals surface area (Å²) in [5.74, 6) is 1.91. The van der Waals surface area contributed by atoms with E-state index in [0.717, 1.165) is 48.2 Å². The molecule has 0 radical (unpaired) electrons. The lowest BCUT2D eigenvalue weighted by Gasteiger charge is -2.29. The Hall–Kier alpha value is -2.95. The fourth-order valence-corrected chi connectivity index (χ4v) is 4.34. The average molecular weight is 374 g/mol. The predicted octanol–water partition coefficient (Wildman–Crippen LogP) is 4.18. The first-order valence-corrected chi connectivity index (χ1v) is 10.2. The number of rotatable bonds is 4. The second-order valence-corrected chi connectivity index (χ2v) is 7.48. The first-order valence-electron chi connectivity index (χ1n) is 10.2. The van der Waals surface area contributed by atoms with Gasteiger partial charge in [-0.25, -0.2) is 0 Å². The Kier molecular flexibility index (Phi) is 4.43. The average Bonchev–Trinajstić information content (AvgIpc) is 3.42. The summed E-state index contributed by atoms with van der Waals surface area (Å²) >= 11 is 0. The largest absolute Gasteiger partial charge is 0.496 e. The molecule has 3 aliphatic rings. The number of ether oxygens (including phenoxy) is 1. The van der Waals surface area contributed by atoms with E-state index in [0.29, 0.717) is 0 Å². The van der Waals surface area contributed by atoms with E-state index in [1.807, 2.05) is 12.1 Å². The van der Waals surface area contributed by atoms with Crippen LogP contribution >= 0.6 is 0 Å². The molecule has 3 aliphatic heterocycles. The van der Waals surface area contributed by atoms with Crippen molar-refractivity contribution in [1.82, 2.24) is 4.90 Å². The van der Waals surface area contributed by atoms with Gasteiger partial charge in [0, 0.05) is 49.3 Å². The van der Waals surface area contributed by atoms with E-state index in [4.69, 9.17) is 9.73 Å². The van der Waals surface area contributed by atoms with Gasteiger partial charge < -0.3 is 14.5 Å². The van der Waals surface area contributed by atoms with Gasteiger partial charge in [0.05, 0.1) is 12.8 Å². The minimum Gasteiger partial charge on any atom is -0.496 e. The van der Waals surface area contributed by atoms with Crippen LogP contribution in [0.25, 0.3) is 5.70 Å². The van der Waals surface area contributed by atoms with Crippen LogP contribution in [0.5, 0.6) is 5.75 Å². The monoisotopic (exact) mass is 374 g/mol. The molecule has 0 bridgehead atoms. The summed E-state index contributed by atoms with van der Waals surface area (Å²) in [7, 11) is 1.73. The molecule has 0 N–H and O–H groups in total. The van der Waals surface area contributed by atoms with Crippen molar-refractivity contribution in [2.75, 3.05) is 43.1 Å². The van der Waals surface area contributed by atoms with Gasteiger partial charge in [-0.2, -0.15) is 0 Å². The number of anilines is 2. The third-order valence-corrected chi connectivity index (χ3v) is 5.77. The molecular weight excluding hydrogens is 348 g/mol. The Labute approximate surface area is 166 Å². The molecule has 0 aliphatic carbocycles. The third-order valence-electron chi connectivity index (χ3n) is 5.77. The highest BCUT2D eigenvalue weighted by atomic mass is 16.5. The lowest BCUT2D eigenvalue weighted by atomic mass is 10.1. The lowest BCUT2D eigenvalue weighted by Crippen LogP contribution is -2.38. The van der Waals surface area contributed by atoms with Crippen LogP contribution < -0.4 is 14.5 Å². The molecule has 0 aromatic heterocycles. The summed E-state index contributed by atoms with van der Waals surface area (Å²) in [6.45, 7) is 4.19. The van der Waals surface area contributed by atoms with Crippen molar-refractivity contribution < 1.29 is 4.74 Å². The molecule has 0 amide bonds. The van der Waals surface area contributed by atoms with Gasteiger partial charge in [0.2, 0.25) is 5.96 Å². The van der Waals surface area contributed by atoms with Crippen molar-refractivity contribution >= 4 is 23.0 Å². The second-order valence-electron chi connectivity index (χ2n) is 7.48. The number of nitrogens with zero attached hydrogens (tertiary/aromatic N) is 4. The number of para-hydroxylation sites is 1. The van der Waals surface area contributed by atoms with E-state index < -0.39 is 0 Å². The lowest BCUT2D eigenvalue weighted by molar-refractivity contribution is 0.411. The van der Waals surface area contributed by atoms with Crippen LogP contribution in [0.3, 0.4) is 0 Å². The molecule has 28 heavy (non-hydrogen) atoms. The zero-order valence-corrected chi connectivity index (χ0v) is 16.3. The Morgan fingerprint density at radius 1 is 0.857 bits per heavy atom. The summed E-state index contributed by atoms with van der Waals surface area (Å²) in [4.78, 5) is 11.8. The molecule has 0 saturated carbocycles. The van der Waals surface area contributed by atoms with E-state index in [1.54, 1.807) is 7.11 Å². The van der Waals surface area contributed by atoms with E-state index in [-0.39, 0.29) is 0 Å². The van der Waals surface area contributed by atoms with Crippen LogP contribution in [0.2, 0.25) is 0 Å². The van der Waals surface area contributed by atoms with E-state index >= 15 is 0 Å². The Morgan fingerprint density at radius 2 is 1.61 bits per heavy atom. The number of fused-ring (bicyclic) bond motifs is 1. The zero-order chi connectivity index (χ0) is 18.9. The van der Waals surface area contributed by atoms with E-state index in [9.17, 15) is 0 Å². The molecule has 1 fully saturated rings. The minimum atomic E-state index is 0.876. The maximum atomic E-state index is 5.62. The molecule has 5 nitrogen and oxygen atoms in total. The van der Waals surface area contributed by atoms with Crippen LogP contribution in [-0.2, 0) is 0 Å². The van der Waals surface area contributed by atoms with Crippen LogP contribution in [0.1, 0.15) is 24.8 Å². The van der Waals surface area contributed by atoms with Crippen molar-refractivity contribution in [3.63, 3.8) is 0 Å². The first kappa shape index (κ1) is 17.2. The predicted molar refractivity (Wildman–Crippen MR) is 115 cm³/mol. The maximum Gasteiger partial charge on any atom is 0.210 e. The summed E-state index contributed by atoms with van der Waals surface area (Å²) in [6.07, 6.45) is 5.86. The smallest absolute Gasteiger partial charge is 0.210 e. The number of benzene rings is 2. The van der Waals surface area contributed by atoms with Crippen molar-refractivity contribution in [2.45, 2.75) is 19.3 Å². The molecule has 0 atom stereocenters. The van der Waals surface area contributed by atoms with Crippen LogP contribution in [-0.4, -0.2) is 44.1 Å². The third kappa shape index (κ3) is 2.91. The van der Waals surface area contributed by atoms with Crippen molar-refractivity contribution in [1.29, 1.82) is 0 Å². The van der Waals surface area contributed by atoms with Crippen LogP contribution in [0, 0.1) is 0 Å². The Balaban J connectivity index is 1.51. The van der Waals surface area contributed by atoms with E-state index in [1.165, 1.54) is 31.6 Å². The number of methoxy groups -OCH3 is 1. The molecule has 0 unspecified atom stereocenters.